The zero-order valence-corrected chi connectivity index (χ0v) is 23.9. The largest absolute Gasteiger partial charge is 0.496 e. The molecule has 0 radical (unpaired) electrons. The Bertz CT molecular complexity index is 1270. The number of hydrogen-bond acceptors (Lipinski definition) is 7. The number of hydrogen-bond donors (Lipinski definition) is 1. The molecule has 9 heteroatoms. The molecule has 4 rings (SSSR count). The maximum atomic E-state index is 13.5. The summed E-state index contributed by atoms with van der Waals surface area (Å²) in [6, 6.07) is 20.0. The normalized spacial score (nSPS) is 11.9. The predicted molar refractivity (Wildman–Crippen MR) is 155 cm³/mol. The van der Waals surface area contributed by atoms with Gasteiger partial charge in [0, 0.05) is 38.1 Å². The molecule has 0 bridgehead atoms. The predicted octanol–water partition coefficient (Wildman–Crippen LogP) is 5.14. The van der Waals surface area contributed by atoms with Gasteiger partial charge in [0.15, 0.2) is 0 Å². The third kappa shape index (κ3) is 7.29. The molecule has 0 atom stereocenters. The lowest BCUT2D eigenvalue weighted by molar-refractivity contribution is -0.118. The Labute approximate surface area is 241 Å². The lowest BCUT2D eigenvalue weighted by Crippen LogP contribution is -2.35. The number of fused-ring (bicyclic) bond motifs is 3. The highest BCUT2D eigenvalue weighted by Crippen LogP contribution is 2.44. The van der Waals surface area contributed by atoms with Gasteiger partial charge in [-0.25, -0.2) is 4.79 Å². The van der Waals surface area contributed by atoms with Crippen LogP contribution in [0, 0.1) is 0 Å². The van der Waals surface area contributed by atoms with E-state index in [1.54, 1.807) is 38.4 Å². The minimum absolute atomic E-state index is 0.0425. The fraction of sp³-hybridized carbons (Fsp3) is 0.375. The zero-order valence-electron chi connectivity index (χ0n) is 23.9. The van der Waals surface area contributed by atoms with E-state index < -0.39 is 6.09 Å². The van der Waals surface area contributed by atoms with Crippen molar-refractivity contribution < 1.29 is 33.3 Å². The summed E-state index contributed by atoms with van der Waals surface area (Å²) in [5.74, 6) is 1.23. The van der Waals surface area contributed by atoms with Crippen LogP contribution in [0.3, 0.4) is 0 Å². The molecule has 9 nitrogen and oxygen atoms in total. The summed E-state index contributed by atoms with van der Waals surface area (Å²) in [5.41, 5.74) is 10.5. The molecule has 3 aromatic carbocycles. The van der Waals surface area contributed by atoms with E-state index in [4.69, 9.17) is 29.4 Å². The fourth-order valence-electron chi connectivity index (χ4n) is 5.10. The Morgan fingerprint density at radius 1 is 0.854 bits per heavy atom. The summed E-state index contributed by atoms with van der Waals surface area (Å²) < 4.78 is 28.4. The van der Waals surface area contributed by atoms with Gasteiger partial charge in [-0.1, -0.05) is 48.5 Å². The molecule has 0 saturated heterocycles. The maximum absolute atomic E-state index is 13.5. The third-order valence-corrected chi connectivity index (χ3v) is 7.18. The van der Waals surface area contributed by atoms with E-state index >= 15 is 0 Å². The first-order valence-electron chi connectivity index (χ1n) is 13.7. The summed E-state index contributed by atoms with van der Waals surface area (Å²) in [7, 11) is 4.70. The molecule has 0 aromatic heterocycles. The van der Waals surface area contributed by atoms with Crippen molar-refractivity contribution in [2.24, 2.45) is 5.73 Å². The lowest BCUT2D eigenvalue weighted by atomic mass is 9.98. The zero-order chi connectivity index (χ0) is 29.2. The second-order valence-electron chi connectivity index (χ2n) is 9.80. The van der Waals surface area contributed by atoms with Gasteiger partial charge in [0.25, 0.3) is 0 Å². The topological polar surface area (TPSA) is 110 Å². The van der Waals surface area contributed by atoms with Crippen LogP contribution >= 0.6 is 0 Å². The summed E-state index contributed by atoms with van der Waals surface area (Å²) >= 11 is 0. The first kappa shape index (κ1) is 29.7. The molecule has 1 aliphatic carbocycles. The Hall–Kier alpha value is -4.24. The average molecular weight is 563 g/mol. The number of methoxy groups -OCH3 is 3. The monoisotopic (exact) mass is 562 g/mol. The van der Waals surface area contributed by atoms with E-state index in [1.165, 1.54) is 11.1 Å². The van der Waals surface area contributed by atoms with Crippen molar-refractivity contribution in [3.63, 3.8) is 0 Å². The molecule has 0 saturated carbocycles. The number of unbranched alkanes of at least 4 members (excludes halogenated alkanes) is 1. The van der Waals surface area contributed by atoms with E-state index in [-0.39, 0.29) is 25.0 Å². The first-order valence-corrected chi connectivity index (χ1v) is 13.7. The van der Waals surface area contributed by atoms with Gasteiger partial charge in [-0.3, -0.25) is 4.79 Å². The lowest BCUT2D eigenvalue weighted by Gasteiger charge is -2.25. The van der Waals surface area contributed by atoms with Crippen molar-refractivity contribution >= 4 is 12.0 Å². The average Bonchev–Trinajstić information content (AvgIpc) is 3.31. The van der Waals surface area contributed by atoms with Crippen molar-refractivity contribution in [2.45, 2.75) is 31.7 Å². The molecule has 0 aliphatic heterocycles. The molecule has 2 N–H and O–H groups in total. The van der Waals surface area contributed by atoms with Gasteiger partial charge in [-0.2, -0.15) is 0 Å². The van der Waals surface area contributed by atoms with Crippen molar-refractivity contribution in [1.29, 1.82) is 0 Å². The minimum Gasteiger partial charge on any atom is -0.496 e. The van der Waals surface area contributed by atoms with Crippen LogP contribution in [0.5, 0.6) is 17.2 Å². The molecular formula is C32H38N2O7. The molecule has 41 heavy (non-hydrogen) atoms. The van der Waals surface area contributed by atoms with Crippen molar-refractivity contribution in [1.82, 2.24) is 4.90 Å². The number of carbonyl (C=O) groups excluding carboxylic acids is 2. The number of nitrogens with two attached hydrogens (primary N) is 1. The van der Waals surface area contributed by atoms with Crippen LogP contribution in [0.25, 0.3) is 11.1 Å². The molecular weight excluding hydrogens is 524 g/mol. The van der Waals surface area contributed by atoms with Crippen LogP contribution in [0.1, 0.15) is 41.9 Å². The van der Waals surface area contributed by atoms with Gasteiger partial charge in [0.05, 0.1) is 39.5 Å². The number of carbonyl (C=O) groups is 2. The first-order chi connectivity index (χ1) is 20.0. The second kappa shape index (κ2) is 14.4. The van der Waals surface area contributed by atoms with Crippen molar-refractivity contribution in [3.8, 4) is 28.4 Å². The smallest absolute Gasteiger partial charge is 0.410 e. The van der Waals surface area contributed by atoms with E-state index in [1.807, 2.05) is 24.3 Å². The van der Waals surface area contributed by atoms with Gasteiger partial charge in [-0.05, 0) is 35.1 Å². The van der Waals surface area contributed by atoms with Crippen LogP contribution in [-0.2, 0) is 20.8 Å². The molecule has 3 aromatic rings. The molecule has 0 spiro atoms. The van der Waals surface area contributed by atoms with Gasteiger partial charge >= 0.3 is 6.09 Å². The highest BCUT2D eigenvalue weighted by molar-refractivity contribution is 5.79. The number of ether oxygens (including phenoxy) is 5. The van der Waals surface area contributed by atoms with Crippen LogP contribution in [0.4, 0.5) is 4.79 Å². The third-order valence-electron chi connectivity index (χ3n) is 7.18. The summed E-state index contributed by atoms with van der Waals surface area (Å²) in [6.45, 7) is 1.47. The molecule has 2 amide bonds. The second-order valence-corrected chi connectivity index (χ2v) is 9.80. The van der Waals surface area contributed by atoms with Gasteiger partial charge in [-0.15, -0.1) is 0 Å². The maximum Gasteiger partial charge on any atom is 0.410 e. The van der Waals surface area contributed by atoms with Gasteiger partial charge in [0.2, 0.25) is 5.91 Å². The van der Waals surface area contributed by atoms with E-state index in [0.717, 1.165) is 11.1 Å². The fourth-order valence-corrected chi connectivity index (χ4v) is 5.10. The SMILES string of the molecule is COCCN(Cc1c(OC)cc(OCCCCC(N)=O)cc1OC)C(=O)OCC1c2ccccc2-c2ccccc21. The number of benzene rings is 3. The Kier molecular flexibility index (Phi) is 10.5. The van der Waals surface area contributed by atoms with Gasteiger partial charge in [0.1, 0.15) is 23.9 Å². The Balaban J connectivity index is 1.48. The molecule has 1 aliphatic rings. The summed E-state index contributed by atoms with van der Waals surface area (Å²) in [5, 5.41) is 0. The van der Waals surface area contributed by atoms with Crippen molar-refractivity contribution in [2.75, 3.05) is 47.7 Å². The van der Waals surface area contributed by atoms with Crippen LogP contribution in [-0.4, -0.2) is 64.6 Å². The Morgan fingerprint density at radius 3 is 2.02 bits per heavy atom. The van der Waals surface area contributed by atoms with Crippen LogP contribution in [0.2, 0.25) is 0 Å². The van der Waals surface area contributed by atoms with E-state index in [9.17, 15) is 9.59 Å². The highest BCUT2D eigenvalue weighted by Gasteiger charge is 2.30. The van der Waals surface area contributed by atoms with Crippen LogP contribution < -0.4 is 19.9 Å². The quantitative estimate of drug-likeness (QED) is 0.256. The Morgan fingerprint density at radius 2 is 1.46 bits per heavy atom. The standard InChI is InChI=1S/C32H38N2O7/c1-37-17-15-34(20-27-29(38-2)18-22(19-30(27)39-3)40-16-9-8-14-31(33)35)32(36)41-21-28-25-12-6-4-10-23(25)24-11-5-7-13-26(24)28/h4-7,10-13,18-19,28H,8-9,14-17,20-21H2,1-3H3,(H2,33,35). The van der Waals surface area contributed by atoms with E-state index in [2.05, 4.69) is 24.3 Å². The number of primary amides is 1. The molecule has 0 fully saturated rings. The summed E-state index contributed by atoms with van der Waals surface area (Å²) in [4.78, 5) is 26.0. The van der Waals surface area contributed by atoms with E-state index in [0.29, 0.717) is 61.8 Å². The molecule has 0 heterocycles. The summed E-state index contributed by atoms with van der Waals surface area (Å²) in [6.07, 6.45) is 1.20. The van der Waals surface area contributed by atoms with Gasteiger partial charge < -0.3 is 34.3 Å². The molecule has 0 unspecified atom stereocenters. The number of amides is 2. The van der Waals surface area contributed by atoms with Crippen LogP contribution in [0.15, 0.2) is 60.7 Å². The van der Waals surface area contributed by atoms with Crippen molar-refractivity contribution in [3.05, 3.63) is 77.4 Å². The highest BCUT2D eigenvalue weighted by atomic mass is 16.6. The molecule has 218 valence electrons. The minimum atomic E-state index is -0.456. The number of nitrogens with zero attached hydrogens (tertiary/aromatic N) is 1. The number of rotatable bonds is 15.